The van der Waals surface area contributed by atoms with Gasteiger partial charge in [-0.15, -0.1) is 0 Å². The maximum absolute atomic E-state index is 11.0. The highest BCUT2D eigenvalue weighted by atomic mass is 35.5. The molecule has 1 rings (SSSR count). The highest BCUT2D eigenvalue weighted by molar-refractivity contribution is 7.89. The van der Waals surface area contributed by atoms with Crippen LogP contribution in [0, 0.1) is 0 Å². The molecule has 0 saturated heterocycles. The van der Waals surface area contributed by atoms with Gasteiger partial charge in [-0.25, -0.2) is 8.42 Å². The first-order chi connectivity index (χ1) is 6.29. The third kappa shape index (κ3) is 3.31. The Morgan fingerprint density at radius 3 is 1.93 bits per heavy atom. The first-order valence-corrected chi connectivity index (χ1v) is 6.80. The van der Waals surface area contributed by atoms with Crippen LogP contribution in [0.2, 0.25) is 15.1 Å². The molecule has 1 aromatic rings. The molecule has 0 bridgehead atoms. The summed E-state index contributed by atoms with van der Waals surface area (Å²) in [7, 11) is -3.08. The van der Waals surface area contributed by atoms with Crippen LogP contribution >= 0.6 is 34.8 Å². The first-order valence-electron chi connectivity index (χ1n) is 3.61. The molecule has 0 N–H and O–H groups in total. The fraction of sp³-hybridized carbons (Fsp3) is 0.250. The van der Waals surface area contributed by atoms with Gasteiger partial charge < -0.3 is 0 Å². The zero-order valence-corrected chi connectivity index (χ0v) is 10.3. The van der Waals surface area contributed by atoms with Crippen LogP contribution in [0.15, 0.2) is 12.1 Å². The smallest absolute Gasteiger partial charge is 0.151 e. The van der Waals surface area contributed by atoms with E-state index in [1.807, 2.05) is 0 Å². The summed E-state index contributed by atoms with van der Waals surface area (Å²) in [5.41, 5.74) is 0.534. The molecule has 0 fully saturated rings. The van der Waals surface area contributed by atoms with Gasteiger partial charge in [0.25, 0.3) is 0 Å². The number of sulfone groups is 1. The molecule has 78 valence electrons. The minimum Gasteiger partial charge on any atom is -0.229 e. The molecule has 0 aliphatic carbocycles. The molecular formula is C8H7Cl3O2S. The lowest BCUT2D eigenvalue weighted by molar-refractivity contribution is 0.601. The summed E-state index contributed by atoms with van der Waals surface area (Å²) in [6, 6.07) is 2.99. The second-order valence-electron chi connectivity index (χ2n) is 2.94. The van der Waals surface area contributed by atoms with Gasteiger partial charge in [0, 0.05) is 6.26 Å². The van der Waals surface area contributed by atoms with Crippen molar-refractivity contribution in [2.75, 3.05) is 6.26 Å². The summed E-state index contributed by atoms with van der Waals surface area (Å²) in [5.74, 6) is -0.0936. The molecule has 0 saturated carbocycles. The molecule has 0 radical (unpaired) electrons. The third-order valence-electron chi connectivity index (χ3n) is 1.47. The topological polar surface area (TPSA) is 34.1 Å². The van der Waals surface area contributed by atoms with Crippen LogP contribution < -0.4 is 0 Å². The molecule has 0 heterocycles. The lowest BCUT2D eigenvalue weighted by atomic mass is 10.2. The quantitative estimate of drug-likeness (QED) is 0.776. The maximum Gasteiger partial charge on any atom is 0.151 e. The lowest BCUT2D eigenvalue weighted by Crippen LogP contribution is -2.00. The number of halogens is 3. The largest absolute Gasteiger partial charge is 0.229 e. The van der Waals surface area contributed by atoms with E-state index in [9.17, 15) is 8.42 Å². The van der Waals surface area contributed by atoms with E-state index >= 15 is 0 Å². The van der Waals surface area contributed by atoms with Crippen molar-refractivity contribution in [3.8, 4) is 0 Å². The second-order valence-corrected chi connectivity index (χ2v) is 6.28. The zero-order valence-electron chi connectivity index (χ0n) is 7.22. The first kappa shape index (κ1) is 12.1. The van der Waals surface area contributed by atoms with Gasteiger partial charge in [-0.2, -0.15) is 0 Å². The molecular weight excluding hydrogens is 267 g/mol. The van der Waals surface area contributed by atoms with Crippen LogP contribution in [0.5, 0.6) is 0 Å². The van der Waals surface area contributed by atoms with Gasteiger partial charge in [0.2, 0.25) is 0 Å². The summed E-state index contributed by atoms with van der Waals surface area (Å²) < 4.78 is 22.0. The van der Waals surface area contributed by atoms with Crippen LogP contribution in [0.3, 0.4) is 0 Å². The van der Waals surface area contributed by atoms with Crippen LogP contribution in [0.25, 0.3) is 0 Å². The molecule has 0 amide bonds. The Kier molecular flexibility index (Phi) is 3.69. The maximum atomic E-state index is 11.0. The van der Waals surface area contributed by atoms with E-state index in [4.69, 9.17) is 34.8 Å². The second kappa shape index (κ2) is 4.27. The molecule has 1 aromatic carbocycles. The van der Waals surface area contributed by atoms with Gasteiger partial charge in [0.1, 0.15) is 0 Å². The van der Waals surface area contributed by atoms with Crippen LogP contribution in [-0.4, -0.2) is 14.7 Å². The Bertz CT molecular complexity index is 431. The molecule has 0 spiro atoms. The molecule has 2 nitrogen and oxygen atoms in total. The average Bonchev–Trinajstić information content (AvgIpc) is 1.96. The van der Waals surface area contributed by atoms with Gasteiger partial charge >= 0.3 is 0 Å². The van der Waals surface area contributed by atoms with Gasteiger partial charge in [0.05, 0.1) is 20.8 Å². The van der Waals surface area contributed by atoms with E-state index in [1.54, 1.807) is 0 Å². The molecule has 6 heteroatoms. The monoisotopic (exact) mass is 272 g/mol. The molecule has 0 aromatic heterocycles. The van der Waals surface area contributed by atoms with E-state index in [0.717, 1.165) is 6.26 Å². The van der Waals surface area contributed by atoms with Crippen LogP contribution in [-0.2, 0) is 15.6 Å². The van der Waals surface area contributed by atoms with Gasteiger partial charge in [-0.3, -0.25) is 0 Å². The fourth-order valence-electron chi connectivity index (χ4n) is 0.994. The molecule has 0 aliphatic heterocycles. The Morgan fingerprint density at radius 1 is 1.14 bits per heavy atom. The summed E-state index contributed by atoms with van der Waals surface area (Å²) in [4.78, 5) is 0. The summed E-state index contributed by atoms with van der Waals surface area (Å²) in [6.45, 7) is 0. The number of rotatable bonds is 2. The van der Waals surface area contributed by atoms with E-state index in [2.05, 4.69) is 0 Å². The number of hydrogen-bond acceptors (Lipinski definition) is 2. The fourth-order valence-corrected chi connectivity index (χ4v) is 2.41. The highest BCUT2D eigenvalue weighted by Crippen LogP contribution is 2.31. The molecule has 14 heavy (non-hydrogen) atoms. The van der Waals surface area contributed by atoms with Crippen LogP contribution in [0.1, 0.15) is 5.56 Å². The Hall–Kier alpha value is 0.0400. The standard InChI is InChI=1S/C8H7Cl3O2S/c1-14(12,13)4-5-2-6(9)8(11)7(10)3-5/h2-3H,4H2,1H3. The Labute approximate surface area is 97.7 Å². The van der Waals surface area contributed by atoms with E-state index < -0.39 is 9.84 Å². The van der Waals surface area contributed by atoms with Gasteiger partial charge in [0.15, 0.2) is 9.84 Å². The van der Waals surface area contributed by atoms with E-state index in [1.165, 1.54) is 12.1 Å². The van der Waals surface area contributed by atoms with Crippen molar-refractivity contribution in [2.45, 2.75) is 5.75 Å². The molecule has 0 atom stereocenters. The van der Waals surface area contributed by atoms with Crippen molar-refractivity contribution in [1.82, 2.24) is 0 Å². The molecule has 0 aliphatic rings. The van der Waals surface area contributed by atoms with Crippen molar-refractivity contribution in [3.05, 3.63) is 32.8 Å². The predicted molar refractivity (Wildman–Crippen MR) is 60.0 cm³/mol. The SMILES string of the molecule is CS(=O)(=O)Cc1cc(Cl)c(Cl)c(Cl)c1. The zero-order chi connectivity index (χ0) is 10.9. The van der Waals surface area contributed by atoms with Crippen molar-refractivity contribution < 1.29 is 8.42 Å². The predicted octanol–water partition coefficient (Wildman–Crippen LogP) is 3.19. The lowest BCUT2D eigenvalue weighted by Gasteiger charge is -2.03. The Balaban J connectivity index is 3.14. The number of benzene rings is 1. The van der Waals surface area contributed by atoms with E-state index in [-0.39, 0.29) is 20.8 Å². The van der Waals surface area contributed by atoms with Crippen LogP contribution in [0.4, 0.5) is 0 Å². The van der Waals surface area contributed by atoms with E-state index in [0.29, 0.717) is 5.56 Å². The molecule has 0 unspecified atom stereocenters. The summed E-state index contributed by atoms with van der Waals surface area (Å²) >= 11 is 17.2. The van der Waals surface area contributed by atoms with Gasteiger partial charge in [-0.05, 0) is 17.7 Å². The highest BCUT2D eigenvalue weighted by Gasteiger charge is 2.09. The van der Waals surface area contributed by atoms with Crippen molar-refractivity contribution >= 4 is 44.6 Å². The van der Waals surface area contributed by atoms with Gasteiger partial charge in [-0.1, -0.05) is 34.8 Å². The summed E-state index contributed by atoms with van der Waals surface area (Å²) in [6.07, 6.45) is 1.14. The third-order valence-corrected chi connectivity index (χ3v) is 3.53. The van der Waals surface area contributed by atoms with Crippen molar-refractivity contribution in [1.29, 1.82) is 0 Å². The summed E-state index contributed by atoms with van der Waals surface area (Å²) in [5, 5.41) is 0.765. The number of hydrogen-bond donors (Lipinski definition) is 0. The minimum atomic E-state index is -3.08. The van der Waals surface area contributed by atoms with Crippen molar-refractivity contribution in [2.24, 2.45) is 0 Å². The Morgan fingerprint density at radius 2 is 1.57 bits per heavy atom. The minimum absolute atomic E-state index is 0.0936. The average molecular weight is 274 g/mol. The normalized spacial score (nSPS) is 11.7. The van der Waals surface area contributed by atoms with Crippen molar-refractivity contribution in [3.63, 3.8) is 0 Å².